The van der Waals surface area contributed by atoms with Gasteiger partial charge >= 0.3 is 5.97 Å². The summed E-state index contributed by atoms with van der Waals surface area (Å²) in [5.41, 5.74) is 3.11. The maximum Gasteiger partial charge on any atom is 0.337 e. The molecule has 1 N–H and O–H groups in total. The summed E-state index contributed by atoms with van der Waals surface area (Å²) in [5, 5.41) is 11.4. The van der Waals surface area contributed by atoms with Crippen molar-refractivity contribution in [3.63, 3.8) is 0 Å². The summed E-state index contributed by atoms with van der Waals surface area (Å²) < 4.78 is 23.0. The van der Waals surface area contributed by atoms with E-state index in [-0.39, 0.29) is 31.0 Å². The summed E-state index contributed by atoms with van der Waals surface area (Å²) in [6.07, 6.45) is 2.11. The first kappa shape index (κ1) is 31.5. The average molecular weight is 616 g/mol. The van der Waals surface area contributed by atoms with Crippen LogP contribution < -0.4 is 14.8 Å². The van der Waals surface area contributed by atoms with Crippen LogP contribution in [0.2, 0.25) is 0 Å². The molecule has 2 atom stereocenters. The van der Waals surface area contributed by atoms with E-state index in [1.165, 1.54) is 11.8 Å². The van der Waals surface area contributed by atoms with E-state index in [9.17, 15) is 14.4 Å². The molecule has 12 nitrogen and oxygen atoms in total. The Bertz CT molecular complexity index is 1630. The highest BCUT2D eigenvalue weighted by Gasteiger charge is 2.33. The fourth-order valence-corrected chi connectivity index (χ4v) is 5.45. The van der Waals surface area contributed by atoms with E-state index in [1.807, 2.05) is 36.4 Å². The molecule has 1 aliphatic rings. The van der Waals surface area contributed by atoms with Crippen molar-refractivity contribution in [3.8, 4) is 11.5 Å². The predicted octanol–water partition coefficient (Wildman–Crippen LogP) is 3.34. The number of nitrogens with one attached hydrogen (secondary N) is 1. The van der Waals surface area contributed by atoms with Crippen LogP contribution in [-0.4, -0.2) is 84.8 Å². The molecule has 236 valence electrons. The van der Waals surface area contributed by atoms with E-state index < -0.39 is 12.0 Å². The van der Waals surface area contributed by atoms with Crippen molar-refractivity contribution in [2.24, 2.45) is 0 Å². The minimum atomic E-state index is -1.01. The molecule has 0 unspecified atom stereocenters. The molecule has 3 aromatic carbocycles. The summed E-state index contributed by atoms with van der Waals surface area (Å²) in [5.74, 6) is -0.0446. The molecule has 1 aromatic heterocycles. The zero-order chi connectivity index (χ0) is 31.8. The second-order valence-corrected chi connectivity index (χ2v) is 10.7. The van der Waals surface area contributed by atoms with E-state index >= 15 is 0 Å². The van der Waals surface area contributed by atoms with Crippen LogP contribution in [-0.2, 0) is 32.0 Å². The number of fused-ring (bicyclic) bond motifs is 1. The lowest BCUT2D eigenvalue weighted by Crippen LogP contribution is -2.47. The number of para-hydroxylation sites is 1. The first-order valence-corrected chi connectivity index (χ1v) is 14.8. The molecule has 1 fully saturated rings. The van der Waals surface area contributed by atoms with E-state index in [0.29, 0.717) is 53.2 Å². The highest BCUT2D eigenvalue weighted by molar-refractivity contribution is 5.91. The number of esters is 1. The Morgan fingerprint density at radius 1 is 1.02 bits per heavy atom. The number of carbonyl (C=O) groups is 3. The van der Waals surface area contributed by atoms with Crippen LogP contribution in [0.4, 0.5) is 0 Å². The molecule has 0 radical (unpaired) electrons. The van der Waals surface area contributed by atoms with Gasteiger partial charge in [0.25, 0.3) is 0 Å². The zero-order valence-corrected chi connectivity index (χ0v) is 25.6. The predicted molar refractivity (Wildman–Crippen MR) is 165 cm³/mol. The molecular weight excluding hydrogens is 578 g/mol. The summed E-state index contributed by atoms with van der Waals surface area (Å²) >= 11 is 0. The number of carbonyl (C=O) groups excluding carboxylic acids is 3. The van der Waals surface area contributed by atoms with Gasteiger partial charge in [-0.05, 0) is 66.8 Å². The Morgan fingerprint density at radius 3 is 2.51 bits per heavy atom. The Labute approximate surface area is 261 Å². The maximum absolute atomic E-state index is 14.2. The highest BCUT2D eigenvalue weighted by Crippen LogP contribution is 2.29. The molecule has 5 rings (SSSR count). The van der Waals surface area contributed by atoms with Gasteiger partial charge in [0.2, 0.25) is 11.8 Å². The molecule has 0 spiro atoms. The third-order valence-electron chi connectivity index (χ3n) is 7.85. The van der Waals surface area contributed by atoms with Gasteiger partial charge in [-0.1, -0.05) is 35.5 Å². The number of rotatable bonds is 13. The molecule has 0 bridgehead atoms. The molecule has 2 heterocycles. The lowest BCUT2D eigenvalue weighted by molar-refractivity contribution is -0.141. The van der Waals surface area contributed by atoms with Crippen molar-refractivity contribution >= 4 is 28.8 Å². The van der Waals surface area contributed by atoms with Gasteiger partial charge in [-0.2, -0.15) is 0 Å². The molecule has 12 heteroatoms. The summed E-state index contributed by atoms with van der Waals surface area (Å²) in [7, 11) is 4.43. The van der Waals surface area contributed by atoms with Crippen LogP contribution in [0.25, 0.3) is 11.0 Å². The van der Waals surface area contributed by atoms with Crippen LogP contribution >= 0.6 is 0 Å². The Kier molecular flexibility index (Phi) is 10.3. The van der Waals surface area contributed by atoms with Gasteiger partial charge in [0.1, 0.15) is 18.1 Å². The SMILES string of the molecule is COC(=O)c1ccc([C@H](C(=O)NC[C@H]2CCCO2)N(CCc2ccc(OC)c(OC)c2)C(=O)Cn2nnc3ccccc32)cc1. The number of amides is 2. The van der Waals surface area contributed by atoms with Gasteiger partial charge in [-0.25, -0.2) is 9.48 Å². The standard InChI is InChI=1S/C33H37N5O7/c1-42-28-15-10-22(19-29(28)43-2)16-17-37(30(39)21-38-27-9-5-4-8-26(27)35-36-38)31(32(40)34-20-25-7-6-18-45-25)23-11-13-24(14-12-23)33(41)44-3/h4-5,8-15,19,25,31H,6-7,16-18,20-21H2,1-3H3,(H,34,40)/t25-,31-/m1/s1. The highest BCUT2D eigenvalue weighted by atomic mass is 16.5. The topological polar surface area (TPSA) is 134 Å². The lowest BCUT2D eigenvalue weighted by Gasteiger charge is -2.32. The molecule has 2 amide bonds. The monoisotopic (exact) mass is 615 g/mol. The van der Waals surface area contributed by atoms with Crippen LogP contribution in [0.15, 0.2) is 66.7 Å². The Hall–Kier alpha value is -4.97. The van der Waals surface area contributed by atoms with Crippen molar-refractivity contribution in [2.75, 3.05) is 41.0 Å². The third kappa shape index (κ3) is 7.40. The molecule has 0 saturated carbocycles. The third-order valence-corrected chi connectivity index (χ3v) is 7.85. The van der Waals surface area contributed by atoms with E-state index in [2.05, 4.69) is 15.6 Å². The number of aromatic nitrogens is 3. The molecule has 4 aromatic rings. The molecule has 0 aliphatic carbocycles. The first-order valence-electron chi connectivity index (χ1n) is 14.8. The minimum Gasteiger partial charge on any atom is -0.493 e. The number of ether oxygens (including phenoxy) is 4. The molecular formula is C33H37N5O7. The Morgan fingerprint density at radius 2 is 1.80 bits per heavy atom. The summed E-state index contributed by atoms with van der Waals surface area (Å²) in [4.78, 5) is 41.9. The van der Waals surface area contributed by atoms with Crippen molar-refractivity contribution in [1.29, 1.82) is 0 Å². The second kappa shape index (κ2) is 14.7. The fourth-order valence-electron chi connectivity index (χ4n) is 5.45. The van der Waals surface area contributed by atoms with Crippen molar-refractivity contribution in [3.05, 3.63) is 83.4 Å². The van der Waals surface area contributed by atoms with Gasteiger partial charge in [0.05, 0.1) is 38.5 Å². The zero-order valence-electron chi connectivity index (χ0n) is 25.6. The van der Waals surface area contributed by atoms with Crippen molar-refractivity contribution in [1.82, 2.24) is 25.2 Å². The first-order chi connectivity index (χ1) is 21.9. The number of nitrogens with zero attached hydrogens (tertiary/aromatic N) is 4. The maximum atomic E-state index is 14.2. The van der Waals surface area contributed by atoms with Crippen molar-refractivity contribution in [2.45, 2.75) is 38.0 Å². The van der Waals surface area contributed by atoms with Gasteiger partial charge in [0, 0.05) is 19.7 Å². The number of benzene rings is 3. The van der Waals surface area contributed by atoms with Crippen LogP contribution in [0.1, 0.15) is 40.4 Å². The van der Waals surface area contributed by atoms with Crippen molar-refractivity contribution < 1.29 is 33.3 Å². The van der Waals surface area contributed by atoms with E-state index in [0.717, 1.165) is 18.4 Å². The number of hydrogen-bond acceptors (Lipinski definition) is 9. The summed E-state index contributed by atoms with van der Waals surface area (Å²) in [6.45, 7) is 1.03. The minimum absolute atomic E-state index is 0.0891. The second-order valence-electron chi connectivity index (χ2n) is 10.7. The van der Waals surface area contributed by atoms with E-state index in [1.54, 1.807) is 49.5 Å². The Balaban J connectivity index is 1.49. The fraction of sp³-hybridized carbons (Fsp3) is 0.364. The largest absolute Gasteiger partial charge is 0.493 e. The molecule has 45 heavy (non-hydrogen) atoms. The van der Waals surface area contributed by atoms with Crippen LogP contribution in [0, 0.1) is 0 Å². The van der Waals surface area contributed by atoms with Crippen LogP contribution in [0.5, 0.6) is 11.5 Å². The lowest BCUT2D eigenvalue weighted by atomic mass is 10.0. The van der Waals surface area contributed by atoms with E-state index in [4.69, 9.17) is 18.9 Å². The molecule has 1 aliphatic heterocycles. The van der Waals surface area contributed by atoms with Gasteiger partial charge < -0.3 is 29.2 Å². The number of methoxy groups -OCH3 is 3. The average Bonchev–Trinajstić information content (AvgIpc) is 3.75. The quantitative estimate of drug-likeness (QED) is 0.225. The molecule has 1 saturated heterocycles. The summed E-state index contributed by atoms with van der Waals surface area (Å²) in [6, 6.07) is 18.4. The smallest absolute Gasteiger partial charge is 0.337 e. The number of hydrogen-bond donors (Lipinski definition) is 1. The van der Waals surface area contributed by atoms with Gasteiger partial charge in [-0.15, -0.1) is 5.10 Å². The van der Waals surface area contributed by atoms with Gasteiger partial charge in [0.15, 0.2) is 11.5 Å². The van der Waals surface area contributed by atoms with Crippen LogP contribution in [0.3, 0.4) is 0 Å². The van der Waals surface area contributed by atoms with Gasteiger partial charge in [-0.3, -0.25) is 9.59 Å². The normalized spacial score (nSPS) is 15.0.